The molecular weight excluding hydrogens is 323 g/mol. The molecule has 0 unspecified atom stereocenters. The van der Waals surface area contributed by atoms with E-state index >= 15 is 0 Å². The second-order valence-corrected chi connectivity index (χ2v) is 5.98. The zero-order valence-electron chi connectivity index (χ0n) is 13.7. The molecule has 2 amide bonds. The van der Waals surface area contributed by atoms with Crippen molar-refractivity contribution in [3.63, 3.8) is 0 Å². The largest absolute Gasteiger partial charge is 0.326 e. The molecule has 1 aliphatic rings. The van der Waals surface area contributed by atoms with Crippen LogP contribution in [0.1, 0.15) is 23.7 Å². The van der Waals surface area contributed by atoms with Crippen molar-refractivity contribution in [1.29, 1.82) is 0 Å². The Morgan fingerprint density at radius 2 is 1.92 bits per heavy atom. The SMILES string of the molecule is CC(=O)c1cccc(NC(=O)[C@H]2CC(=O)N(c3ccccc3F)C2)c1. The number of para-hydroxylation sites is 1. The van der Waals surface area contributed by atoms with Gasteiger partial charge in [-0.05, 0) is 31.2 Å². The van der Waals surface area contributed by atoms with Crippen molar-refractivity contribution in [2.45, 2.75) is 13.3 Å². The molecule has 6 heteroatoms. The summed E-state index contributed by atoms with van der Waals surface area (Å²) in [6.07, 6.45) is 0.0204. The van der Waals surface area contributed by atoms with Gasteiger partial charge in [0.2, 0.25) is 11.8 Å². The molecule has 128 valence electrons. The molecule has 0 bridgehead atoms. The molecule has 1 atom stereocenters. The Bertz CT molecular complexity index is 850. The van der Waals surface area contributed by atoms with Gasteiger partial charge in [0, 0.05) is 24.2 Å². The summed E-state index contributed by atoms with van der Waals surface area (Å²) in [5.41, 5.74) is 1.17. The zero-order valence-corrected chi connectivity index (χ0v) is 13.7. The molecule has 2 aromatic carbocycles. The number of carbonyl (C=O) groups is 3. The predicted octanol–water partition coefficient (Wildman–Crippen LogP) is 3.02. The molecule has 2 aromatic rings. The van der Waals surface area contributed by atoms with Crippen LogP contribution in [0, 0.1) is 11.7 Å². The summed E-state index contributed by atoms with van der Waals surface area (Å²) in [5, 5.41) is 2.72. The lowest BCUT2D eigenvalue weighted by Crippen LogP contribution is -2.28. The van der Waals surface area contributed by atoms with Gasteiger partial charge >= 0.3 is 0 Å². The van der Waals surface area contributed by atoms with E-state index in [-0.39, 0.29) is 36.3 Å². The van der Waals surface area contributed by atoms with Crippen molar-refractivity contribution < 1.29 is 18.8 Å². The highest BCUT2D eigenvalue weighted by Gasteiger charge is 2.36. The Hall–Kier alpha value is -3.02. The second kappa shape index (κ2) is 6.84. The average Bonchev–Trinajstić information content (AvgIpc) is 2.97. The molecule has 0 aromatic heterocycles. The smallest absolute Gasteiger partial charge is 0.229 e. The maximum Gasteiger partial charge on any atom is 0.229 e. The van der Waals surface area contributed by atoms with Crippen LogP contribution in [0.25, 0.3) is 0 Å². The monoisotopic (exact) mass is 340 g/mol. The lowest BCUT2D eigenvalue weighted by Gasteiger charge is -2.17. The van der Waals surface area contributed by atoms with Gasteiger partial charge in [-0.25, -0.2) is 4.39 Å². The minimum Gasteiger partial charge on any atom is -0.326 e. The van der Waals surface area contributed by atoms with Gasteiger partial charge in [0.25, 0.3) is 0 Å². The lowest BCUT2D eigenvalue weighted by atomic mass is 10.1. The topological polar surface area (TPSA) is 66.5 Å². The van der Waals surface area contributed by atoms with E-state index < -0.39 is 11.7 Å². The van der Waals surface area contributed by atoms with Crippen molar-refractivity contribution in [2.75, 3.05) is 16.8 Å². The first kappa shape index (κ1) is 16.8. The van der Waals surface area contributed by atoms with Crippen LogP contribution in [0.2, 0.25) is 0 Å². The first-order valence-corrected chi connectivity index (χ1v) is 7.92. The molecule has 0 radical (unpaired) electrons. The molecule has 0 spiro atoms. The van der Waals surface area contributed by atoms with Gasteiger partial charge < -0.3 is 10.2 Å². The summed E-state index contributed by atoms with van der Waals surface area (Å²) < 4.78 is 13.9. The van der Waals surface area contributed by atoms with Crippen LogP contribution in [0.5, 0.6) is 0 Å². The molecule has 1 aliphatic heterocycles. The van der Waals surface area contributed by atoms with Crippen LogP contribution in [-0.4, -0.2) is 24.1 Å². The van der Waals surface area contributed by atoms with Gasteiger partial charge in [-0.2, -0.15) is 0 Å². The number of ketones is 1. The highest BCUT2D eigenvalue weighted by molar-refractivity contribution is 6.04. The number of hydrogen-bond acceptors (Lipinski definition) is 3. The van der Waals surface area contributed by atoms with Crippen LogP contribution in [-0.2, 0) is 9.59 Å². The van der Waals surface area contributed by atoms with E-state index in [2.05, 4.69) is 5.32 Å². The van der Waals surface area contributed by atoms with Gasteiger partial charge in [-0.3, -0.25) is 14.4 Å². The second-order valence-electron chi connectivity index (χ2n) is 5.98. The minimum absolute atomic E-state index is 0.0204. The third-order valence-electron chi connectivity index (χ3n) is 4.18. The molecule has 25 heavy (non-hydrogen) atoms. The number of nitrogens with one attached hydrogen (secondary N) is 1. The lowest BCUT2D eigenvalue weighted by molar-refractivity contribution is -0.122. The Labute approximate surface area is 144 Å². The molecule has 1 heterocycles. The molecule has 1 saturated heterocycles. The summed E-state index contributed by atoms with van der Waals surface area (Å²) in [6.45, 7) is 1.57. The molecule has 1 fully saturated rings. The summed E-state index contributed by atoms with van der Waals surface area (Å²) in [6, 6.07) is 12.6. The molecule has 1 N–H and O–H groups in total. The molecule has 5 nitrogen and oxygen atoms in total. The quantitative estimate of drug-likeness (QED) is 0.870. The average molecular weight is 340 g/mol. The standard InChI is InChI=1S/C19H17FN2O3/c1-12(23)13-5-4-6-15(9-13)21-19(25)14-10-18(24)22(11-14)17-8-3-2-7-16(17)20/h2-9,14H,10-11H2,1H3,(H,21,25)/t14-/m0/s1. The van der Waals surface area contributed by atoms with E-state index in [0.29, 0.717) is 11.3 Å². The van der Waals surface area contributed by atoms with Crippen LogP contribution < -0.4 is 10.2 Å². The minimum atomic E-state index is -0.576. The number of benzene rings is 2. The molecule has 3 rings (SSSR count). The van der Waals surface area contributed by atoms with Crippen LogP contribution in [0.4, 0.5) is 15.8 Å². The fourth-order valence-corrected chi connectivity index (χ4v) is 2.85. The van der Waals surface area contributed by atoms with Crippen LogP contribution in [0.15, 0.2) is 48.5 Å². The number of anilines is 2. The summed E-state index contributed by atoms with van der Waals surface area (Å²) in [4.78, 5) is 37.3. The molecule has 0 aliphatic carbocycles. The molecule has 0 saturated carbocycles. The maximum absolute atomic E-state index is 13.9. The van der Waals surface area contributed by atoms with Crippen molar-refractivity contribution >= 4 is 29.0 Å². The van der Waals surface area contributed by atoms with Crippen LogP contribution >= 0.6 is 0 Å². The first-order valence-electron chi connectivity index (χ1n) is 7.92. The van der Waals surface area contributed by atoms with E-state index in [1.54, 1.807) is 36.4 Å². The number of amides is 2. The Kier molecular flexibility index (Phi) is 4.61. The summed E-state index contributed by atoms with van der Waals surface area (Å²) in [5.74, 6) is -1.78. The number of halogens is 1. The normalized spacial score (nSPS) is 16.8. The van der Waals surface area contributed by atoms with Crippen molar-refractivity contribution in [3.8, 4) is 0 Å². The Morgan fingerprint density at radius 1 is 1.16 bits per heavy atom. The fourth-order valence-electron chi connectivity index (χ4n) is 2.85. The predicted molar refractivity (Wildman–Crippen MR) is 91.9 cm³/mol. The van der Waals surface area contributed by atoms with E-state index in [0.717, 1.165) is 0 Å². The first-order chi connectivity index (χ1) is 12.0. The van der Waals surface area contributed by atoms with Crippen molar-refractivity contribution in [3.05, 3.63) is 59.9 Å². The summed E-state index contributed by atoms with van der Waals surface area (Å²) in [7, 11) is 0. The van der Waals surface area contributed by atoms with Gasteiger partial charge in [0.05, 0.1) is 11.6 Å². The maximum atomic E-state index is 13.9. The van der Waals surface area contributed by atoms with E-state index in [1.165, 1.54) is 24.0 Å². The third-order valence-corrected chi connectivity index (χ3v) is 4.18. The van der Waals surface area contributed by atoms with Crippen molar-refractivity contribution in [2.24, 2.45) is 5.92 Å². The highest BCUT2D eigenvalue weighted by atomic mass is 19.1. The number of hydrogen-bond donors (Lipinski definition) is 1. The van der Waals surface area contributed by atoms with Gasteiger partial charge in [0.15, 0.2) is 5.78 Å². The van der Waals surface area contributed by atoms with E-state index in [9.17, 15) is 18.8 Å². The number of carbonyl (C=O) groups excluding carboxylic acids is 3. The van der Waals surface area contributed by atoms with Crippen molar-refractivity contribution in [1.82, 2.24) is 0 Å². The van der Waals surface area contributed by atoms with E-state index in [1.807, 2.05) is 0 Å². The van der Waals surface area contributed by atoms with E-state index in [4.69, 9.17) is 0 Å². The molecular formula is C19H17FN2O3. The third kappa shape index (κ3) is 3.57. The highest BCUT2D eigenvalue weighted by Crippen LogP contribution is 2.28. The summed E-state index contributed by atoms with van der Waals surface area (Å²) >= 11 is 0. The zero-order chi connectivity index (χ0) is 18.0. The Balaban J connectivity index is 1.72. The number of nitrogens with zero attached hydrogens (tertiary/aromatic N) is 1. The van der Waals surface area contributed by atoms with Gasteiger partial charge in [0.1, 0.15) is 5.82 Å². The number of rotatable bonds is 4. The fraction of sp³-hybridized carbons (Fsp3) is 0.211. The van der Waals surface area contributed by atoms with Gasteiger partial charge in [-0.1, -0.05) is 24.3 Å². The Morgan fingerprint density at radius 3 is 2.64 bits per heavy atom. The van der Waals surface area contributed by atoms with Crippen LogP contribution in [0.3, 0.4) is 0 Å². The van der Waals surface area contributed by atoms with Gasteiger partial charge in [-0.15, -0.1) is 0 Å². The number of Topliss-reactive ketones (excluding diaryl/α,β-unsaturated/α-hetero) is 1.